The van der Waals surface area contributed by atoms with Gasteiger partial charge in [-0.15, -0.1) is 0 Å². The molecule has 0 bridgehead atoms. The Morgan fingerprint density at radius 2 is 1.94 bits per heavy atom. The van der Waals surface area contributed by atoms with E-state index in [0.29, 0.717) is 12.5 Å². The lowest BCUT2D eigenvalue weighted by Gasteiger charge is -2.43. The Bertz CT molecular complexity index is 393. The van der Waals surface area contributed by atoms with Gasteiger partial charge >= 0.3 is 0 Å². The van der Waals surface area contributed by atoms with Crippen molar-refractivity contribution in [1.82, 2.24) is 5.32 Å². The summed E-state index contributed by atoms with van der Waals surface area (Å²) in [6.07, 6.45) is 0.427. The van der Waals surface area contributed by atoms with Gasteiger partial charge in [0.25, 0.3) is 0 Å². The zero-order valence-corrected chi connectivity index (χ0v) is 9.13. The number of aliphatic hydroxyl groups excluding tert-OH is 2. The molecule has 0 aromatic heterocycles. The highest BCUT2D eigenvalue weighted by Crippen LogP contribution is 2.38. The van der Waals surface area contributed by atoms with Gasteiger partial charge in [0.05, 0.1) is 12.2 Å². The molecule has 1 fully saturated rings. The zero-order chi connectivity index (χ0) is 11.1. The predicted molar refractivity (Wildman–Crippen MR) is 61.1 cm³/mol. The standard InChI is InChI=1S/C13H17NO2/c15-11-6-5-10-12(13(11)16)9-4-2-1-3-8(9)7-14-10/h1-4,10-16H,5-7H2/t10-,11-,12-,13-/m0/s1. The fourth-order valence-corrected chi connectivity index (χ4v) is 3.07. The molecule has 1 heterocycles. The normalized spacial score (nSPS) is 37.6. The summed E-state index contributed by atoms with van der Waals surface area (Å²) in [5, 5.41) is 23.4. The summed E-state index contributed by atoms with van der Waals surface area (Å²) in [5.74, 6) is 0.0497. The molecular formula is C13H17NO2. The minimum Gasteiger partial charge on any atom is -0.390 e. The van der Waals surface area contributed by atoms with E-state index in [0.717, 1.165) is 13.0 Å². The van der Waals surface area contributed by atoms with Crippen molar-refractivity contribution >= 4 is 0 Å². The van der Waals surface area contributed by atoms with Gasteiger partial charge in [0.1, 0.15) is 0 Å². The van der Waals surface area contributed by atoms with E-state index in [1.54, 1.807) is 0 Å². The van der Waals surface area contributed by atoms with Crippen molar-refractivity contribution in [2.24, 2.45) is 0 Å². The van der Waals surface area contributed by atoms with Crippen LogP contribution in [-0.2, 0) is 6.54 Å². The molecule has 1 aromatic rings. The Balaban J connectivity index is 2.01. The van der Waals surface area contributed by atoms with Gasteiger partial charge in [-0.25, -0.2) is 0 Å². The molecule has 3 nitrogen and oxygen atoms in total. The van der Waals surface area contributed by atoms with E-state index in [1.165, 1.54) is 11.1 Å². The van der Waals surface area contributed by atoms with Gasteiger partial charge in [0, 0.05) is 18.5 Å². The van der Waals surface area contributed by atoms with Crippen molar-refractivity contribution in [2.45, 2.75) is 43.6 Å². The van der Waals surface area contributed by atoms with Gasteiger partial charge in [-0.2, -0.15) is 0 Å². The van der Waals surface area contributed by atoms with Gasteiger partial charge in [0.2, 0.25) is 0 Å². The lowest BCUT2D eigenvalue weighted by Crippen LogP contribution is -2.51. The second-order valence-electron chi connectivity index (χ2n) is 4.85. The quantitative estimate of drug-likeness (QED) is 0.604. The highest BCUT2D eigenvalue weighted by Gasteiger charge is 2.41. The fraction of sp³-hybridized carbons (Fsp3) is 0.538. The van der Waals surface area contributed by atoms with Crippen LogP contribution in [0.4, 0.5) is 0 Å². The molecule has 0 unspecified atom stereocenters. The summed E-state index contributed by atoms with van der Waals surface area (Å²) in [5.41, 5.74) is 2.45. The van der Waals surface area contributed by atoms with E-state index >= 15 is 0 Å². The molecule has 2 aliphatic rings. The molecule has 1 saturated carbocycles. The molecular weight excluding hydrogens is 202 g/mol. The lowest BCUT2D eigenvalue weighted by molar-refractivity contribution is -0.0359. The van der Waals surface area contributed by atoms with Crippen LogP contribution in [0.15, 0.2) is 24.3 Å². The molecule has 1 aromatic carbocycles. The third-order valence-corrected chi connectivity index (χ3v) is 3.94. The monoisotopic (exact) mass is 219 g/mol. The number of hydrogen-bond donors (Lipinski definition) is 3. The lowest BCUT2D eigenvalue weighted by atomic mass is 9.73. The van der Waals surface area contributed by atoms with Crippen molar-refractivity contribution in [1.29, 1.82) is 0 Å². The first kappa shape index (κ1) is 10.3. The molecule has 0 spiro atoms. The van der Waals surface area contributed by atoms with E-state index in [1.807, 2.05) is 12.1 Å². The second kappa shape index (κ2) is 3.84. The van der Waals surface area contributed by atoms with Crippen LogP contribution in [0, 0.1) is 0 Å². The van der Waals surface area contributed by atoms with Crippen LogP contribution in [0.3, 0.4) is 0 Å². The molecule has 0 amide bonds. The molecule has 86 valence electrons. The number of fused-ring (bicyclic) bond motifs is 3. The highest BCUT2D eigenvalue weighted by atomic mass is 16.3. The topological polar surface area (TPSA) is 52.5 Å². The van der Waals surface area contributed by atoms with Crippen LogP contribution in [0.25, 0.3) is 0 Å². The largest absolute Gasteiger partial charge is 0.390 e. The molecule has 16 heavy (non-hydrogen) atoms. The number of rotatable bonds is 0. The Kier molecular flexibility index (Phi) is 2.46. The third kappa shape index (κ3) is 1.47. The summed E-state index contributed by atoms with van der Waals surface area (Å²) >= 11 is 0. The van der Waals surface area contributed by atoms with Crippen LogP contribution in [0.2, 0.25) is 0 Å². The summed E-state index contributed by atoms with van der Waals surface area (Å²) in [4.78, 5) is 0. The van der Waals surface area contributed by atoms with Crippen molar-refractivity contribution in [2.75, 3.05) is 0 Å². The predicted octanol–water partition coefficient (Wildman–Crippen LogP) is 0.758. The van der Waals surface area contributed by atoms with Crippen LogP contribution in [0.5, 0.6) is 0 Å². The maximum atomic E-state index is 10.1. The van der Waals surface area contributed by atoms with Gasteiger partial charge in [-0.05, 0) is 24.0 Å². The first-order chi connectivity index (χ1) is 7.77. The summed E-state index contributed by atoms with van der Waals surface area (Å²) in [6, 6.07) is 8.51. The minimum absolute atomic E-state index is 0.0497. The first-order valence-corrected chi connectivity index (χ1v) is 5.94. The average molecular weight is 219 g/mol. The van der Waals surface area contributed by atoms with E-state index in [9.17, 15) is 10.2 Å². The second-order valence-corrected chi connectivity index (χ2v) is 4.85. The first-order valence-electron chi connectivity index (χ1n) is 5.94. The molecule has 1 aliphatic heterocycles. The number of nitrogens with one attached hydrogen (secondary N) is 1. The third-order valence-electron chi connectivity index (χ3n) is 3.94. The summed E-state index contributed by atoms with van der Waals surface area (Å²) < 4.78 is 0. The van der Waals surface area contributed by atoms with E-state index in [2.05, 4.69) is 17.4 Å². The van der Waals surface area contributed by atoms with Crippen molar-refractivity contribution < 1.29 is 10.2 Å². The molecule has 3 rings (SSSR count). The van der Waals surface area contributed by atoms with E-state index < -0.39 is 12.2 Å². The van der Waals surface area contributed by atoms with Crippen LogP contribution in [-0.4, -0.2) is 28.5 Å². The van der Waals surface area contributed by atoms with Crippen molar-refractivity contribution in [3.8, 4) is 0 Å². The van der Waals surface area contributed by atoms with E-state index in [-0.39, 0.29) is 5.92 Å². The maximum Gasteiger partial charge on any atom is 0.0882 e. The fourth-order valence-electron chi connectivity index (χ4n) is 3.07. The smallest absolute Gasteiger partial charge is 0.0882 e. The molecule has 3 heteroatoms. The van der Waals surface area contributed by atoms with Gasteiger partial charge < -0.3 is 15.5 Å². The number of benzene rings is 1. The Morgan fingerprint density at radius 3 is 2.81 bits per heavy atom. The molecule has 4 atom stereocenters. The van der Waals surface area contributed by atoms with E-state index in [4.69, 9.17) is 0 Å². The van der Waals surface area contributed by atoms with Crippen molar-refractivity contribution in [3.05, 3.63) is 35.4 Å². The number of hydrogen-bond acceptors (Lipinski definition) is 3. The average Bonchev–Trinajstić information content (AvgIpc) is 2.33. The maximum absolute atomic E-state index is 10.1. The minimum atomic E-state index is -0.632. The molecule has 1 aliphatic carbocycles. The summed E-state index contributed by atoms with van der Waals surface area (Å²) in [7, 11) is 0. The van der Waals surface area contributed by atoms with Crippen LogP contribution >= 0.6 is 0 Å². The molecule has 3 N–H and O–H groups in total. The Hall–Kier alpha value is -0.900. The Labute approximate surface area is 95.1 Å². The zero-order valence-electron chi connectivity index (χ0n) is 9.13. The molecule has 0 radical (unpaired) electrons. The van der Waals surface area contributed by atoms with Crippen LogP contribution < -0.4 is 5.32 Å². The SMILES string of the molecule is O[C@@H]1[C@H]2c3ccccc3CN[C@H]2CC[C@@H]1O. The Morgan fingerprint density at radius 1 is 1.12 bits per heavy atom. The van der Waals surface area contributed by atoms with Gasteiger partial charge in [0.15, 0.2) is 0 Å². The molecule has 0 saturated heterocycles. The van der Waals surface area contributed by atoms with Gasteiger partial charge in [-0.1, -0.05) is 24.3 Å². The van der Waals surface area contributed by atoms with Crippen LogP contribution in [0.1, 0.15) is 29.9 Å². The van der Waals surface area contributed by atoms with Crippen molar-refractivity contribution in [3.63, 3.8) is 0 Å². The number of aliphatic hydroxyl groups is 2. The highest BCUT2D eigenvalue weighted by molar-refractivity contribution is 5.35. The van der Waals surface area contributed by atoms with Gasteiger partial charge in [-0.3, -0.25) is 0 Å². The summed E-state index contributed by atoms with van der Waals surface area (Å²) in [6.45, 7) is 0.875.